The minimum atomic E-state index is -0.278. The SMILES string of the molecule is CC(C)(C)Oc1c(O)cccc1CC1CCCCC1. The van der Waals surface area contributed by atoms with Crippen molar-refractivity contribution in [3.05, 3.63) is 23.8 Å². The molecule has 0 atom stereocenters. The fourth-order valence-electron chi connectivity index (χ4n) is 2.86. The van der Waals surface area contributed by atoms with Crippen LogP contribution < -0.4 is 4.74 Å². The van der Waals surface area contributed by atoms with Gasteiger partial charge in [-0.2, -0.15) is 0 Å². The first-order valence-corrected chi connectivity index (χ1v) is 7.45. The third kappa shape index (κ3) is 4.15. The smallest absolute Gasteiger partial charge is 0.164 e. The van der Waals surface area contributed by atoms with Gasteiger partial charge in [0.1, 0.15) is 5.60 Å². The lowest BCUT2D eigenvalue weighted by molar-refractivity contribution is 0.123. The predicted octanol–water partition coefficient (Wildman–Crippen LogP) is 4.69. The van der Waals surface area contributed by atoms with Gasteiger partial charge in [0.25, 0.3) is 0 Å². The molecular formula is C17H26O2. The van der Waals surface area contributed by atoms with Crippen LogP contribution in [0.15, 0.2) is 18.2 Å². The Labute approximate surface area is 116 Å². The molecule has 0 aliphatic heterocycles. The Hall–Kier alpha value is -1.18. The van der Waals surface area contributed by atoms with Crippen molar-refractivity contribution in [3.63, 3.8) is 0 Å². The molecule has 1 N–H and O–H groups in total. The summed E-state index contributed by atoms with van der Waals surface area (Å²) in [6, 6.07) is 5.73. The van der Waals surface area contributed by atoms with E-state index in [9.17, 15) is 5.11 Å². The molecule has 0 unspecified atom stereocenters. The number of benzene rings is 1. The first kappa shape index (κ1) is 14.2. The molecule has 0 amide bonds. The van der Waals surface area contributed by atoms with E-state index in [1.165, 1.54) is 32.1 Å². The highest BCUT2D eigenvalue weighted by Crippen LogP contribution is 2.36. The van der Waals surface area contributed by atoms with Gasteiger partial charge >= 0.3 is 0 Å². The lowest BCUT2D eigenvalue weighted by Crippen LogP contribution is -2.24. The van der Waals surface area contributed by atoms with Crippen molar-refractivity contribution >= 4 is 0 Å². The maximum Gasteiger partial charge on any atom is 0.164 e. The predicted molar refractivity (Wildman–Crippen MR) is 78.8 cm³/mol. The standard InChI is InChI=1S/C17H26O2/c1-17(2,3)19-16-14(10-7-11-15(16)18)12-13-8-5-4-6-9-13/h7,10-11,13,18H,4-6,8-9,12H2,1-3H3. The number of para-hydroxylation sites is 1. The third-order valence-electron chi connectivity index (χ3n) is 3.72. The Kier molecular flexibility index (Phi) is 4.38. The van der Waals surface area contributed by atoms with Crippen LogP contribution in [0.3, 0.4) is 0 Å². The Morgan fingerprint density at radius 3 is 2.47 bits per heavy atom. The van der Waals surface area contributed by atoms with E-state index >= 15 is 0 Å². The summed E-state index contributed by atoms with van der Waals surface area (Å²) in [5.74, 6) is 1.70. The van der Waals surface area contributed by atoms with Crippen LogP contribution in [0.4, 0.5) is 0 Å². The van der Waals surface area contributed by atoms with E-state index in [2.05, 4.69) is 6.07 Å². The van der Waals surface area contributed by atoms with Crippen molar-refractivity contribution in [1.82, 2.24) is 0 Å². The van der Waals surface area contributed by atoms with E-state index in [0.717, 1.165) is 17.9 Å². The monoisotopic (exact) mass is 262 g/mol. The molecule has 0 aromatic heterocycles. The van der Waals surface area contributed by atoms with Gasteiger partial charge in [-0.05, 0) is 44.7 Å². The van der Waals surface area contributed by atoms with E-state index in [1.807, 2.05) is 26.8 Å². The summed E-state index contributed by atoms with van der Waals surface area (Å²) in [6.07, 6.45) is 7.72. The van der Waals surface area contributed by atoms with E-state index < -0.39 is 0 Å². The molecule has 1 aromatic carbocycles. The molecule has 0 heterocycles. The van der Waals surface area contributed by atoms with Crippen molar-refractivity contribution in [1.29, 1.82) is 0 Å². The fraction of sp³-hybridized carbons (Fsp3) is 0.647. The highest BCUT2D eigenvalue weighted by atomic mass is 16.5. The summed E-state index contributed by atoms with van der Waals surface area (Å²) in [5.41, 5.74) is 0.877. The average molecular weight is 262 g/mol. The zero-order valence-corrected chi connectivity index (χ0v) is 12.4. The van der Waals surface area contributed by atoms with Gasteiger partial charge in [-0.3, -0.25) is 0 Å². The Morgan fingerprint density at radius 1 is 1.16 bits per heavy atom. The maximum absolute atomic E-state index is 10.1. The van der Waals surface area contributed by atoms with Crippen LogP contribution in [0, 0.1) is 5.92 Å². The van der Waals surface area contributed by atoms with Crippen LogP contribution in [-0.2, 0) is 6.42 Å². The van der Waals surface area contributed by atoms with Crippen molar-refractivity contribution < 1.29 is 9.84 Å². The number of aromatic hydroxyl groups is 1. The van der Waals surface area contributed by atoms with Crippen LogP contribution in [0.1, 0.15) is 58.4 Å². The minimum Gasteiger partial charge on any atom is -0.504 e. The number of hydrogen-bond acceptors (Lipinski definition) is 2. The van der Waals surface area contributed by atoms with E-state index in [1.54, 1.807) is 6.07 Å². The van der Waals surface area contributed by atoms with Crippen molar-refractivity contribution in [2.45, 2.75) is 64.9 Å². The molecule has 2 nitrogen and oxygen atoms in total. The second-order valence-corrected chi connectivity index (χ2v) is 6.69. The van der Waals surface area contributed by atoms with Crippen LogP contribution >= 0.6 is 0 Å². The van der Waals surface area contributed by atoms with Gasteiger partial charge in [-0.1, -0.05) is 44.2 Å². The van der Waals surface area contributed by atoms with Gasteiger partial charge in [0.2, 0.25) is 0 Å². The number of phenols is 1. The van der Waals surface area contributed by atoms with E-state index in [4.69, 9.17) is 4.74 Å². The van der Waals surface area contributed by atoms with Gasteiger partial charge in [0.15, 0.2) is 11.5 Å². The maximum atomic E-state index is 10.1. The lowest BCUT2D eigenvalue weighted by atomic mass is 9.84. The number of hydrogen-bond donors (Lipinski definition) is 1. The Balaban J connectivity index is 2.16. The van der Waals surface area contributed by atoms with Gasteiger partial charge in [-0.25, -0.2) is 0 Å². The Morgan fingerprint density at radius 2 is 1.84 bits per heavy atom. The molecular weight excluding hydrogens is 236 g/mol. The van der Waals surface area contributed by atoms with Crippen LogP contribution in [0.2, 0.25) is 0 Å². The molecule has 1 saturated carbocycles. The third-order valence-corrected chi connectivity index (χ3v) is 3.72. The topological polar surface area (TPSA) is 29.5 Å². The summed E-state index contributed by atoms with van der Waals surface area (Å²) < 4.78 is 5.96. The zero-order valence-electron chi connectivity index (χ0n) is 12.4. The number of rotatable bonds is 3. The first-order chi connectivity index (χ1) is 8.96. The van der Waals surface area contributed by atoms with Gasteiger partial charge in [0.05, 0.1) is 0 Å². The van der Waals surface area contributed by atoms with Crippen LogP contribution in [0.25, 0.3) is 0 Å². The highest BCUT2D eigenvalue weighted by molar-refractivity contribution is 5.46. The zero-order chi connectivity index (χ0) is 13.9. The molecule has 0 spiro atoms. The average Bonchev–Trinajstić information content (AvgIpc) is 2.34. The first-order valence-electron chi connectivity index (χ1n) is 7.45. The fourth-order valence-corrected chi connectivity index (χ4v) is 2.86. The van der Waals surface area contributed by atoms with Gasteiger partial charge in [-0.15, -0.1) is 0 Å². The van der Waals surface area contributed by atoms with Gasteiger partial charge in [0, 0.05) is 0 Å². The summed E-state index contributed by atoms with van der Waals surface area (Å²) in [5, 5.41) is 10.1. The van der Waals surface area contributed by atoms with Crippen LogP contribution in [0.5, 0.6) is 11.5 Å². The molecule has 1 fully saturated rings. The Bertz CT molecular complexity index is 412. The van der Waals surface area contributed by atoms with Gasteiger partial charge < -0.3 is 9.84 Å². The van der Waals surface area contributed by atoms with Crippen LogP contribution in [-0.4, -0.2) is 10.7 Å². The molecule has 1 aliphatic carbocycles. The normalized spacial score (nSPS) is 17.4. The summed E-state index contributed by atoms with van der Waals surface area (Å²) in [6.45, 7) is 6.05. The summed E-state index contributed by atoms with van der Waals surface area (Å²) in [7, 11) is 0. The van der Waals surface area contributed by atoms with E-state index in [0.29, 0.717) is 5.75 Å². The second-order valence-electron chi connectivity index (χ2n) is 6.69. The minimum absolute atomic E-state index is 0.267. The molecule has 2 heteroatoms. The quantitative estimate of drug-likeness (QED) is 0.856. The molecule has 2 rings (SSSR count). The number of ether oxygens (including phenoxy) is 1. The summed E-state index contributed by atoms with van der Waals surface area (Å²) >= 11 is 0. The molecule has 0 saturated heterocycles. The largest absolute Gasteiger partial charge is 0.504 e. The molecule has 19 heavy (non-hydrogen) atoms. The summed E-state index contributed by atoms with van der Waals surface area (Å²) in [4.78, 5) is 0. The highest BCUT2D eigenvalue weighted by Gasteiger charge is 2.21. The van der Waals surface area contributed by atoms with Crippen molar-refractivity contribution in [2.75, 3.05) is 0 Å². The molecule has 0 radical (unpaired) electrons. The molecule has 1 aromatic rings. The molecule has 1 aliphatic rings. The van der Waals surface area contributed by atoms with Crippen molar-refractivity contribution in [2.24, 2.45) is 5.92 Å². The molecule has 106 valence electrons. The van der Waals surface area contributed by atoms with E-state index in [-0.39, 0.29) is 11.4 Å². The van der Waals surface area contributed by atoms with Crippen molar-refractivity contribution in [3.8, 4) is 11.5 Å². The number of phenolic OH excluding ortho intramolecular Hbond substituents is 1. The lowest BCUT2D eigenvalue weighted by Gasteiger charge is -2.26. The molecule has 0 bridgehead atoms. The second kappa shape index (κ2) is 5.85.